The maximum Gasteiger partial charge on any atom is 0.450 e. The normalized spacial score (nSPS) is 11.4. The molecule has 0 bridgehead atoms. The van der Waals surface area contributed by atoms with Crippen molar-refractivity contribution in [3.8, 4) is 11.1 Å². The summed E-state index contributed by atoms with van der Waals surface area (Å²) >= 11 is 0. The van der Waals surface area contributed by atoms with E-state index >= 15 is 0 Å². The fourth-order valence-electron chi connectivity index (χ4n) is 2.03. The number of hydrogen-bond donors (Lipinski definition) is 0. The lowest BCUT2D eigenvalue weighted by Crippen LogP contribution is -2.24. The highest BCUT2D eigenvalue weighted by Crippen LogP contribution is 2.25. The molecular weight excluding hydrogens is 265 g/mol. The highest BCUT2D eigenvalue weighted by Gasteiger charge is 2.37. The first-order chi connectivity index (χ1) is 9.38. The Hall–Kier alpha value is -2.10. The number of benzene rings is 2. The Bertz CT molecular complexity index is 630. The van der Waals surface area contributed by atoms with Crippen LogP contribution < -0.4 is 0 Å². The number of ketones is 1. The Kier molecular flexibility index (Phi) is 3.93. The highest BCUT2D eigenvalue weighted by atomic mass is 19.4. The van der Waals surface area contributed by atoms with Gasteiger partial charge in [0.05, 0.1) is 0 Å². The fourth-order valence-corrected chi connectivity index (χ4v) is 2.03. The van der Waals surface area contributed by atoms with Crippen molar-refractivity contribution in [2.24, 2.45) is 0 Å². The summed E-state index contributed by atoms with van der Waals surface area (Å²) in [4.78, 5) is 11.0. The molecule has 2 aromatic rings. The molecule has 0 aromatic heterocycles. The Balaban J connectivity index is 2.30. The smallest absolute Gasteiger partial charge is 0.289 e. The van der Waals surface area contributed by atoms with Gasteiger partial charge in [-0.3, -0.25) is 4.79 Å². The van der Waals surface area contributed by atoms with Crippen molar-refractivity contribution in [2.75, 3.05) is 0 Å². The molecule has 0 spiro atoms. The molecule has 0 heterocycles. The van der Waals surface area contributed by atoms with Crippen LogP contribution in [-0.4, -0.2) is 12.0 Å². The molecule has 4 heteroatoms. The molecule has 0 unspecified atom stereocenters. The van der Waals surface area contributed by atoms with Gasteiger partial charge in [-0.05, 0) is 29.2 Å². The zero-order chi connectivity index (χ0) is 14.8. The summed E-state index contributed by atoms with van der Waals surface area (Å²) < 4.78 is 36.8. The number of rotatable bonds is 3. The van der Waals surface area contributed by atoms with Crippen LogP contribution in [0.4, 0.5) is 13.2 Å². The van der Waals surface area contributed by atoms with E-state index in [0.29, 0.717) is 5.56 Å². The van der Waals surface area contributed by atoms with Crippen LogP contribution in [0.2, 0.25) is 0 Å². The average molecular weight is 278 g/mol. The van der Waals surface area contributed by atoms with Crippen molar-refractivity contribution in [3.05, 3.63) is 59.7 Å². The van der Waals surface area contributed by atoms with Crippen molar-refractivity contribution in [2.45, 2.75) is 19.5 Å². The van der Waals surface area contributed by atoms with Gasteiger partial charge in [0.2, 0.25) is 5.78 Å². The first kappa shape index (κ1) is 14.3. The van der Waals surface area contributed by atoms with E-state index in [1.54, 1.807) is 12.1 Å². The molecule has 2 aromatic carbocycles. The zero-order valence-electron chi connectivity index (χ0n) is 10.9. The fraction of sp³-hybridized carbons (Fsp3) is 0.188. The maximum atomic E-state index is 12.3. The van der Waals surface area contributed by atoms with Gasteiger partial charge in [0, 0.05) is 6.42 Å². The molecule has 0 saturated heterocycles. The van der Waals surface area contributed by atoms with E-state index in [-0.39, 0.29) is 0 Å². The first-order valence-electron chi connectivity index (χ1n) is 6.13. The number of carbonyl (C=O) groups is 1. The van der Waals surface area contributed by atoms with Crippen LogP contribution in [0.15, 0.2) is 48.5 Å². The minimum absolute atomic E-state index is 0.369. The lowest BCUT2D eigenvalue weighted by Gasteiger charge is -2.09. The van der Waals surface area contributed by atoms with Crippen molar-refractivity contribution in [1.82, 2.24) is 0 Å². The standard InChI is InChI=1S/C16H13F3O/c1-11-5-2-3-8-14(11)13-7-4-6-12(9-13)10-15(20)16(17,18)19/h2-9H,10H2,1H3. The van der Waals surface area contributed by atoms with Crippen LogP contribution in [0, 0.1) is 6.92 Å². The quantitative estimate of drug-likeness (QED) is 0.816. The molecule has 0 aliphatic carbocycles. The minimum atomic E-state index is -4.78. The van der Waals surface area contributed by atoms with E-state index in [2.05, 4.69) is 0 Å². The van der Waals surface area contributed by atoms with E-state index in [1.807, 2.05) is 37.3 Å². The molecule has 2 rings (SSSR count). The molecule has 0 radical (unpaired) electrons. The molecule has 0 saturated carbocycles. The molecule has 20 heavy (non-hydrogen) atoms. The Morgan fingerprint density at radius 1 is 1.05 bits per heavy atom. The van der Waals surface area contributed by atoms with Gasteiger partial charge in [0.15, 0.2) is 0 Å². The number of alkyl halides is 3. The van der Waals surface area contributed by atoms with Gasteiger partial charge in [0.25, 0.3) is 0 Å². The van der Waals surface area contributed by atoms with Crippen molar-refractivity contribution < 1.29 is 18.0 Å². The largest absolute Gasteiger partial charge is 0.450 e. The Morgan fingerprint density at radius 3 is 2.40 bits per heavy atom. The second-order valence-electron chi connectivity index (χ2n) is 4.61. The third-order valence-corrected chi connectivity index (χ3v) is 3.06. The van der Waals surface area contributed by atoms with E-state index < -0.39 is 18.4 Å². The maximum absolute atomic E-state index is 12.3. The molecule has 0 aliphatic heterocycles. The number of halogens is 3. The molecular formula is C16H13F3O. The molecule has 104 valence electrons. The Labute approximate surface area is 115 Å². The molecule has 0 aliphatic rings. The molecule has 0 atom stereocenters. The summed E-state index contributed by atoms with van der Waals surface area (Å²) in [5.41, 5.74) is 3.17. The molecule has 0 N–H and O–H groups in total. The van der Waals surface area contributed by atoms with Gasteiger partial charge in [-0.15, -0.1) is 0 Å². The van der Waals surface area contributed by atoms with E-state index in [4.69, 9.17) is 0 Å². The predicted octanol–water partition coefficient (Wildman–Crippen LogP) is 4.34. The minimum Gasteiger partial charge on any atom is -0.289 e. The van der Waals surface area contributed by atoms with Gasteiger partial charge >= 0.3 is 6.18 Å². The number of aryl methyl sites for hydroxylation is 1. The van der Waals surface area contributed by atoms with Gasteiger partial charge in [-0.2, -0.15) is 13.2 Å². The molecule has 1 nitrogen and oxygen atoms in total. The van der Waals surface area contributed by atoms with Crippen LogP contribution in [0.5, 0.6) is 0 Å². The van der Waals surface area contributed by atoms with Crippen molar-refractivity contribution >= 4 is 5.78 Å². The Morgan fingerprint density at radius 2 is 1.75 bits per heavy atom. The monoisotopic (exact) mass is 278 g/mol. The average Bonchev–Trinajstić information content (AvgIpc) is 2.38. The SMILES string of the molecule is Cc1ccccc1-c1cccc(CC(=O)C(F)(F)F)c1. The second kappa shape index (κ2) is 5.49. The number of Topliss-reactive ketones (excluding diaryl/α,β-unsaturated/α-hetero) is 1. The van der Waals surface area contributed by atoms with Crippen LogP contribution in [0.3, 0.4) is 0 Å². The van der Waals surface area contributed by atoms with Gasteiger partial charge in [-0.25, -0.2) is 0 Å². The summed E-state index contributed by atoms with van der Waals surface area (Å²) in [7, 11) is 0. The van der Waals surface area contributed by atoms with Gasteiger partial charge in [-0.1, -0.05) is 48.5 Å². The summed E-state index contributed by atoms with van der Waals surface area (Å²) in [5.74, 6) is -1.72. The second-order valence-corrected chi connectivity index (χ2v) is 4.61. The molecule has 0 amide bonds. The summed E-state index contributed by atoms with van der Waals surface area (Å²) in [6, 6.07) is 14.3. The molecule has 0 fully saturated rings. The third kappa shape index (κ3) is 3.26. The first-order valence-corrected chi connectivity index (χ1v) is 6.13. The van der Waals surface area contributed by atoms with Crippen LogP contribution >= 0.6 is 0 Å². The van der Waals surface area contributed by atoms with Gasteiger partial charge in [0.1, 0.15) is 0 Å². The topological polar surface area (TPSA) is 17.1 Å². The van der Waals surface area contributed by atoms with Crippen molar-refractivity contribution in [3.63, 3.8) is 0 Å². The van der Waals surface area contributed by atoms with Crippen LogP contribution in [0.25, 0.3) is 11.1 Å². The predicted molar refractivity (Wildman–Crippen MR) is 71.4 cm³/mol. The lowest BCUT2D eigenvalue weighted by molar-refractivity contribution is -0.170. The van der Waals surface area contributed by atoms with Gasteiger partial charge < -0.3 is 0 Å². The summed E-state index contributed by atoms with van der Waals surface area (Å²) in [6.07, 6.45) is -5.40. The van der Waals surface area contributed by atoms with E-state index in [9.17, 15) is 18.0 Å². The van der Waals surface area contributed by atoms with E-state index in [0.717, 1.165) is 16.7 Å². The number of carbonyl (C=O) groups excluding carboxylic acids is 1. The highest BCUT2D eigenvalue weighted by molar-refractivity contribution is 5.86. The van der Waals surface area contributed by atoms with Crippen LogP contribution in [-0.2, 0) is 11.2 Å². The van der Waals surface area contributed by atoms with Crippen molar-refractivity contribution in [1.29, 1.82) is 0 Å². The summed E-state index contributed by atoms with van der Waals surface area (Å²) in [5, 5.41) is 0. The van der Waals surface area contributed by atoms with E-state index in [1.165, 1.54) is 6.07 Å². The van der Waals surface area contributed by atoms with Crippen LogP contribution in [0.1, 0.15) is 11.1 Å². The lowest BCUT2D eigenvalue weighted by atomic mass is 9.97. The number of hydrogen-bond acceptors (Lipinski definition) is 1. The summed E-state index contributed by atoms with van der Waals surface area (Å²) in [6.45, 7) is 1.93. The zero-order valence-corrected chi connectivity index (χ0v) is 10.9. The third-order valence-electron chi connectivity index (χ3n) is 3.06.